The lowest BCUT2D eigenvalue weighted by Crippen LogP contribution is -2.30. The normalized spacial score (nSPS) is 15.3. The number of esters is 1. The third kappa shape index (κ3) is 6.47. The number of ether oxygens (including phenoxy) is 3. The van der Waals surface area contributed by atoms with Crippen molar-refractivity contribution >= 4 is 23.5 Å². The maximum atomic E-state index is 12.5. The molecule has 0 spiro atoms. The molecule has 0 radical (unpaired) electrons. The molecule has 2 aromatic rings. The minimum Gasteiger partial charge on any atom is -0.497 e. The molecule has 1 unspecified atom stereocenters. The lowest BCUT2D eigenvalue weighted by molar-refractivity contribution is -0.148. The summed E-state index contributed by atoms with van der Waals surface area (Å²) in [6, 6.07) is 13.2. The number of carbonyl (C=O) groups excluding carboxylic acids is 3. The average molecular weight is 455 g/mol. The van der Waals surface area contributed by atoms with Gasteiger partial charge in [0.05, 0.1) is 32.4 Å². The Kier molecular flexibility index (Phi) is 8.29. The van der Waals surface area contributed by atoms with Gasteiger partial charge in [0.2, 0.25) is 11.8 Å². The van der Waals surface area contributed by atoms with E-state index in [4.69, 9.17) is 14.2 Å². The molecule has 176 valence electrons. The quantitative estimate of drug-likeness (QED) is 0.438. The van der Waals surface area contributed by atoms with E-state index in [2.05, 4.69) is 5.32 Å². The van der Waals surface area contributed by atoms with Crippen LogP contribution in [0.15, 0.2) is 42.5 Å². The molecular formula is C25H30N2O6. The zero-order valence-electron chi connectivity index (χ0n) is 19.3. The minimum absolute atomic E-state index is 0.0576. The van der Waals surface area contributed by atoms with Crippen molar-refractivity contribution in [2.75, 3.05) is 38.8 Å². The molecule has 1 aliphatic rings. The fourth-order valence-corrected chi connectivity index (χ4v) is 3.67. The first-order valence-electron chi connectivity index (χ1n) is 10.9. The number of rotatable bonds is 10. The van der Waals surface area contributed by atoms with Crippen molar-refractivity contribution in [3.05, 3.63) is 53.6 Å². The summed E-state index contributed by atoms with van der Waals surface area (Å²) in [5.74, 6) is -0.214. The predicted molar refractivity (Wildman–Crippen MR) is 123 cm³/mol. The van der Waals surface area contributed by atoms with Crippen LogP contribution in [0.25, 0.3) is 0 Å². The van der Waals surface area contributed by atoms with Crippen molar-refractivity contribution in [2.45, 2.75) is 26.2 Å². The molecular weight excluding hydrogens is 424 g/mol. The Bertz CT molecular complexity index is 989. The fourth-order valence-electron chi connectivity index (χ4n) is 3.67. The highest BCUT2D eigenvalue weighted by atomic mass is 16.5. The molecule has 8 heteroatoms. The molecule has 1 heterocycles. The van der Waals surface area contributed by atoms with Gasteiger partial charge in [-0.15, -0.1) is 0 Å². The van der Waals surface area contributed by atoms with Gasteiger partial charge in [-0.2, -0.15) is 0 Å². The molecule has 0 saturated carbocycles. The van der Waals surface area contributed by atoms with E-state index in [1.165, 1.54) is 17.6 Å². The van der Waals surface area contributed by atoms with Gasteiger partial charge in [-0.3, -0.25) is 14.4 Å². The third-order valence-corrected chi connectivity index (χ3v) is 5.57. The number of anilines is 1. The van der Waals surface area contributed by atoms with E-state index in [9.17, 15) is 14.4 Å². The van der Waals surface area contributed by atoms with Crippen LogP contribution >= 0.6 is 0 Å². The summed E-state index contributed by atoms with van der Waals surface area (Å²) in [5.41, 5.74) is 2.84. The second-order valence-electron chi connectivity index (χ2n) is 7.95. The van der Waals surface area contributed by atoms with Crippen LogP contribution in [0.5, 0.6) is 11.5 Å². The van der Waals surface area contributed by atoms with Crippen LogP contribution in [0.3, 0.4) is 0 Å². The van der Waals surface area contributed by atoms with Crippen LogP contribution in [0.1, 0.15) is 24.0 Å². The largest absolute Gasteiger partial charge is 0.497 e. The highest BCUT2D eigenvalue weighted by Crippen LogP contribution is 2.36. The van der Waals surface area contributed by atoms with E-state index in [0.717, 1.165) is 5.56 Å². The highest BCUT2D eigenvalue weighted by Gasteiger charge is 2.37. The molecule has 2 amide bonds. The summed E-state index contributed by atoms with van der Waals surface area (Å²) in [5, 5.41) is 2.76. The molecule has 0 aromatic heterocycles. The summed E-state index contributed by atoms with van der Waals surface area (Å²) in [7, 11) is 3.06. The Hall–Kier alpha value is -3.55. The van der Waals surface area contributed by atoms with Crippen LogP contribution in [-0.4, -0.2) is 51.7 Å². The smallest absolute Gasteiger partial charge is 0.311 e. The van der Waals surface area contributed by atoms with Gasteiger partial charge < -0.3 is 24.4 Å². The van der Waals surface area contributed by atoms with Crippen molar-refractivity contribution < 1.29 is 28.6 Å². The van der Waals surface area contributed by atoms with Crippen LogP contribution in [0.4, 0.5) is 5.69 Å². The number of carbonyl (C=O) groups is 3. The Labute approximate surface area is 193 Å². The van der Waals surface area contributed by atoms with Crippen molar-refractivity contribution in [3.8, 4) is 11.5 Å². The zero-order chi connectivity index (χ0) is 23.8. The maximum absolute atomic E-state index is 12.5. The lowest BCUT2D eigenvalue weighted by atomic mass is 10.1. The second-order valence-corrected chi connectivity index (χ2v) is 7.95. The van der Waals surface area contributed by atoms with Crippen LogP contribution in [-0.2, 0) is 25.5 Å². The summed E-state index contributed by atoms with van der Waals surface area (Å²) < 4.78 is 15.9. The zero-order valence-corrected chi connectivity index (χ0v) is 19.3. The van der Waals surface area contributed by atoms with E-state index in [0.29, 0.717) is 30.0 Å². The van der Waals surface area contributed by atoms with E-state index in [1.54, 1.807) is 25.3 Å². The van der Waals surface area contributed by atoms with Gasteiger partial charge in [-0.25, -0.2) is 0 Å². The fraction of sp³-hybridized carbons (Fsp3) is 0.400. The predicted octanol–water partition coefficient (Wildman–Crippen LogP) is 2.66. The monoisotopic (exact) mass is 454 g/mol. The topological polar surface area (TPSA) is 94.2 Å². The molecule has 1 saturated heterocycles. The van der Waals surface area contributed by atoms with Crippen molar-refractivity contribution in [1.29, 1.82) is 0 Å². The van der Waals surface area contributed by atoms with E-state index in [-0.39, 0.29) is 37.9 Å². The molecule has 33 heavy (non-hydrogen) atoms. The maximum Gasteiger partial charge on any atom is 0.311 e. The van der Waals surface area contributed by atoms with Crippen LogP contribution in [0, 0.1) is 12.8 Å². The first kappa shape index (κ1) is 24.1. The molecule has 8 nitrogen and oxygen atoms in total. The Morgan fingerprint density at radius 3 is 2.55 bits per heavy atom. The number of nitrogens with zero attached hydrogens (tertiary/aromatic N) is 1. The van der Waals surface area contributed by atoms with Gasteiger partial charge in [0.15, 0.2) is 0 Å². The Balaban J connectivity index is 1.42. The van der Waals surface area contributed by atoms with Crippen molar-refractivity contribution in [2.24, 2.45) is 5.92 Å². The lowest BCUT2D eigenvalue weighted by Gasteiger charge is -2.20. The summed E-state index contributed by atoms with van der Waals surface area (Å²) in [6.07, 6.45) is 1.08. The number of hydrogen-bond acceptors (Lipinski definition) is 6. The third-order valence-electron chi connectivity index (χ3n) is 5.57. The van der Waals surface area contributed by atoms with E-state index >= 15 is 0 Å². The van der Waals surface area contributed by atoms with E-state index < -0.39 is 11.9 Å². The number of hydrogen-bond donors (Lipinski definition) is 1. The van der Waals surface area contributed by atoms with E-state index in [1.807, 2.05) is 31.2 Å². The number of methoxy groups -OCH3 is 2. The van der Waals surface area contributed by atoms with Crippen molar-refractivity contribution in [3.63, 3.8) is 0 Å². The summed E-state index contributed by atoms with van der Waals surface area (Å²) in [6.45, 7) is 2.51. The number of aryl methyl sites for hydroxylation is 2. The van der Waals surface area contributed by atoms with Gasteiger partial charge in [0.1, 0.15) is 18.1 Å². The number of benzene rings is 2. The first-order valence-corrected chi connectivity index (χ1v) is 10.9. The van der Waals surface area contributed by atoms with Gasteiger partial charge in [-0.05, 0) is 31.0 Å². The average Bonchev–Trinajstić information content (AvgIpc) is 3.22. The van der Waals surface area contributed by atoms with Gasteiger partial charge in [-0.1, -0.05) is 29.8 Å². The van der Waals surface area contributed by atoms with Crippen LogP contribution < -0.4 is 19.7 Å². The van der Waals surface area contributed by atoms with Crippen LogP contribution in [0.2, 0.25) is 0 Å². The number of nitrogens with one attached hydrogen (secondary N) is 1. The Morgan fingerprint density at radius 1 is 1.09 bits per heavy atom. The first-order chi connectivity index (χ1) is 15.9. The second kappa shape index (κ2) is 11.4. The molecule has 1 fully saturated rings. The molecule has 0 aliphatic carbocycles. The minimum atomic E-state index is -0.578. The summed E-state index contributed by atoms with van der Waals surface area (Å²) >= 11 is 0. The molecule has 1 aliphatic heterocycles. The highest BCUT2D eigenvalue weighted by molar-refractivity contribution is 6.00. The van der Waals surface area contributed by atoms with Crippen molar-refractivity contribution in [1.82, 2.24) is 5.32 Å². The Morgan fingerprint density at radius 2 is 1.85 bits per heavy atom. The van der Waals surface area contributed by atoms with Gasteiger partial charge >= 0.3 is 5.97 Å². The molecule has 2 aromatic carbocycles. The summed E-state index contributed by atoms with van der Waals surface area (Å²) in [4.78, 5) is 38.5. The molecule has 1 N–H and O–H groups in total. The standard InChI is InChI=1S/C25H30N2O6/c1-17-4-6-18(7-5-17)8-11-23(28)26-12-13-33-25(30)19-14-24(29)27(16-19)21-15-20(31-2)9-10-22(21)32-3/h4-7,9-10,15,19H,8,11-14,16H2,1-3H3,(H,26,28). The molecule has 0 bridgehead atoms. The van der Waals surface area contributed by atoms with Gasteiger partial charge in [0, 0.05) is 25.5 Å². The SMILES string of the molecule is COc1ccc(OC)c(N2CC(C(=O)OCCNC(=O)CCc3ccc(C)cc3)CC2=O)c1. The molecule has 3 rings (SSSR count). The van der Waals surface area contributed by atoms with Gasteiger partial charge in [0.25, 0.3) is 0 Å². The molecule has 1 atom stereocenters. The number of amides is 2.